The first-order chi connectivity index (χ1) is 9.03. The summed E-state index contributed by atoms with van der Waals surface area (Å²) in [7, 11) is 0. The fourth-order valence-corrected chi connectivity index (χ4v) is 1.84. The molecule has 0 saturated carbocycles. The van der Waals surface area contributed by atoms with Crippen LogP contribution in [0.15, 0.2) is 18.2 Å². The summed E-state index contributed by atoms with van der Waals surface area (Å²) in [6.07, 6.45) is 0.277. The molecular weight excluding hydrogens is 254 g/mol. The molecule has 1 aromatic rings. The third kappa shape index (κ3) is 4.68. The smallest absolute Gasteiger partial charge is 0.412 e. The fourth-order valence-electron chi connectivity index (χ4n) is 1.84. The largest absolute Gasteiger partial charge is 0.444 e. The zero-order valence-electron chi connectivity index (χ0n) is 13.0. The second-order valence-corrected chi connectivity index (χ2v) is 6.80. The molecule has 0 spiro atoms. The number of carbonyl (C=O) groups excluding carboxylic acids is 2. The molecule has 0 aliphatic carbocycles. The Balaban J connectivity index is 2.95. The van der Waals surface area contributed by atoms with Crippen molar-refractivity contribution >= 4 is 18.1 Å². The summed E-state index contributed by atoms with van der Waals surface area (Å²) in [6, 6.07) is 5.30. The number of ether oxygens (including phenoxy) is 1. The van der Waals surface area contributed by atoms with Crippen LogP contribution in [0.4, 0.5) is 10.5 Å². The van der Waals surface area contributed by atoms with Crippen LogP contribution in [0.25, 0.3) is 0 Å². The lowest BCUT2D eigenvalue weighted by molar-refractivity contribution is 0.0635. The van der Waals surface area contributed by atoms with Crippen molar-refractivity contribution in [3.63, 3.8) is 0 Å². The molecule has 0 fully saturated rings. The van der Waals surface area contributed by atoms with Gasteiger partial charge in [0.15, 0.2) is 0 Å². The van der Waals surface area contributed by atoms with Crippen LogP contribution in [0.3, 0.4) is 0 Å². The number of hydrogen-bond donors (Lipinski definition) is 1. The summed E-state index contributed by atoms with van der Waals surface area (Å²) in [4.78, 5) is 22.9. The van der Waals surface area contributed by atoms with Gasteiger partial charge in [-0.1, -0.05) is 26.8 Å². The standard InChI is InChI=1S/C16H23NO3/c1-15(2,3)13-8-7-12(9-11(13)10-18)17-14(19)20-16(4,5)6/h7-10H,1-6H3,(H,17,19). The zero-order valence-corrected chi connectivity index (χ0v) is 13.0. The Bertz CT molecular complexity index is 507. The summed E-state index contributed by atoms with van der Waals surface area (Å²) < 4.78 is 5.17. The van der Waals surface area contributed by atoms with Crippen molar-refractivity contribution in [3.8, 4) is 0 Å². The lowest BCUT2D eigenvalue weighted by Crippen LogP contribution is -2.27. The van der Waals surface area contributed by atoms with Gasteiger partial charge in [-0.25, -0.2) is 4.79 Å². The summed E-state index contributed by atoms with van der Waals surface area (Å²) in [6.45, 7) is 11.5. The van der Waals surface area contributed by atoms with Crippen LogP contribution >= 0.6 is 0 Å². The minimum Gasteiger partial charge on any atom is -0.444 e. The predicted molar refractivity (Wildman–Crippen MR) is 80.4 cm³/mol. The number of anilines is 1. The molecule has 20 heavy (non-hydrogen) atoms. The van der Waals surface area contributed by atoms with Gasteiger partial charge >= 0.3 is 6.09 Å². The third-order valence-electron chi connectivity index (χ3n) is 2.63. The summed E-state index contributed by atoms with van der Waals surface area (Å²) in [5.41, 5.74) is 1.39. The molecule has 110 valence electrons. The summed E-state index contributed by atoms with van der Waals surface area (Å²) >= 11 is 0. The molecule has 1 aromatic carbocycles. The normalized spacial score (nSPS) is 11.9. The average molecular weight is 277 g/mol. The van der Waals surface area contributed by atoms with Gasteiger partial charge < -0.3 is 4.74 Å². The molecule has 0 aliphatic rings. The lowest BCUT2D eigenvalue weighted by atomic mass is 9.84. The first-order valence-corrected chi connectivity index (χ1v) is 6.62. The van der Waals surface area contributed by atoms with Crippen LogP contribution in [-0.4, -0.2) is 18.0 Å². The molecule has 0 bridgehead atoms. The van der Waals surface area contributed by atoms with Gasteiger partial charge in [0, 0.05) is 11.3 Å². The van der Waals surface area contributed by atoms with Crippen LogP contribution < -0.4 is 5.32 Å². The van der Waals surface area contributed by atoms with E-state index < -0.39 is 11.7 Å². The Kier molecular flexibility index (Phi) is 4.58. The molecule has 0 aromatic heterocycles. The minimum atomic E-state index is -0.553. The second kappa shape index (κ2) is 5.65. The molecular formula is C16H23NO3. The molecule has 1 amide bonds. The van der Waals surface area contributed by atoms with Gasteiger partial charge in [-0.2, -0.15) is 0 Å². The topological polar surface area (TPSA) is 55.4 Å². The van der Waals surface area contributed by atoms with Crippen molar-refractivity contribution in [1.29, 1.82) is 0 Å². The van der Waals surface area contributed by atoms with Crippen molar-refractivity contribution < 1.29 is 14.3 Å². The van der Waals surface area contributed by atoms with Crippen molar-refractivity contribution in [1.82, 2.24) is 0 Å². The monoisotopic (exact) mass is 277 g/mol. The number of nitrogens with one attached hydrogen (secondary N) is 1. The van der Waals surface area contributed by atoms with E-state index in [0.717, 1.165) is 11.8 Å². The highest BCUT2D eigenvalue weighted by Gasteiger charge is 2.19. The van der Waals surface area contributed by atoms with Crippen molar-refractivity contribution in [3.05, 3.63) is 29.3 Å². The molecule has 0 heterocycles. The van der Waals surface area contributed by atoms with E-state index >= 15 is 0 Å². The molecule has 4 nitrogen and oxygen atoms in total. The van der Waals surface area contributed by atoms with Gasteiger partial charge in [0.25, 0.3) is 0 Å². The highest BCUT2D eigenvalue weighted by atomic mass is 16.6. The van der Waals surface area contributed by atoms with E-state index in [-0.39, 0.29) is 5.41 Å². The Labute approximate surface area is 120 Å². The first-order valence-electron chi connectivity index (χ1n) is 6.62. The Morgan fingerprint density at radius 3 is 2.20 bits per heavy atom. The van der Waals surface area contributed by atoms with Crippen LogP contribution in [0, 0.1) is 0 Å². The fraction of sp³-hybridized carbons (Fsp3) is 0.500. The Morgan fingerprint density at radius 2 is 1.75 bits per heavy atom. The number of amides is 1. The highest BCUT2D eigenvalue weighted by molar-refractivity contribution is 5.87. The van der Waals surface area contributed by atoms with E-state index in [1.54, 1.807) is 32.9 Å². The Hall–Kier alpha value is -1.84. The highest BCUT2D eigenvalue weighted by Crippen LogP contribution is 2.27. The summed E-state index contributed by atoms with van der Waals surface area (Å²) in [5, 5.41) is 2.63. The third-order valence-corrected chi connectivity index (χ3v) is 2.63. The van der Waals surface area contributed by atoms with Crippen LogP contribution in [0.2, 0.25) is 0 Å². The van der Waals surface area contributed by atoms with Crippen LogP contribution in [0.5, 0.6) is 0 Å². The van der Waals surface area contributed by atoms with Crippen LogP contribution in [-0.2, 0) is 10.2 Å². The van der Waals surface area contributed by atoms with Gasteiger partial charge in [-0.15, -0.1) is 0 Å². The summed E-state index contributed by atoms with van der Waals surface area (Å²) in [5.74, 6) is 0. The van der Waals surface area contributed by atoms with E-state index in [0.29, 0.717) is 11.3 Å². The average Bonchev–Trinajstić information content (AvgIpc) is 2.24. The number of carbonyl (C=O) groups is 2. The van der Waals surface area contributed by atoms with E-state index in [4.69, 9.17) is 4.74 Å². The first kappa shape index (κ1) is 16.2. The maximum atomic E-state index is 11.7. The van der Waals surface area contributed by atoms with E-state index in [1.807, 2.05) is 26.8 Å². The Morgan fingerprint density at radius 1 is 1.15 bits per heavy atom. The molecule has 1 N–H and O–H groups in total. The molecule has 4 heteroatoms. The lowest BCUT2D eigenvalue weighted by Gasteiger charge is -2.22. The van der Waals surface area contributed by atoms with E-state index in [9.17, 15) is 9.59 Å². The zero-order chi connectivity index (χ0) is 15.6. The molecule has 0 unspecified atom stereocenters. The van der Waals surface area contributed by atoms with Crippen molar-refractivity contribution in [2.45, 2.75) is 52.6 Å². The van der Waals surface area contributed by atoms with E-state index in [1.165, 1.54) is 0 Å². The number of benzene rings is 1. The maximum Gasteiger partial charge on any atom is 0.412 e. The molecule has 0 radical (unpaired) electrons. The number of hydrogen-bond acceptors (Lipinski definition) is 3. The van der Waals surface area contributed by atoms with Crippen LogP contribution in [0.1, 0.15) is 57.5 Å². The molecule has 0 saturated heterocycles. The van der Waals surface area contributed by atoms with Gasteiger partial charge in [0.1, 0.15) is 11.9 Å². The molecule has 0 aliphatic heterocycles. The molecule has 1 rings (SSSR count). The second-order valence-electron chi connectivity index (χ2n) is 6.80. The van der Waals surface area contributed by atoms with Crippen molar-refractivity contribution in [2.75, 3.05) is 5.32 Å². The number of rotatable bonds is 2. The SMILES string of the molecule is CC(C)(C)OC(=O)Nc1ccc(C(C)(C)C)c(C=O)c1. The molecule has 0 atom stereocenters. The van der Waals surface area contributed by atoms with E-state index in [2.05, 4.69) is 5.32 Å². The van der Waals surface area contributed by atoms with Crippen molar-refractivity contribution in [2.24, 2.45) is 0 Å². The van der Waals surface area contributed by atoms with Gasteiger partial charge in [0.05, 0.1) is 0 Å². The van der Waals surface area contributed by atoms with Gasteiger partial charge in [0.2, 0.25) is 0 Å². The van der Waals surface area contributed by atoms with Gasteiger partial charge in [-0.3, -0.25) is 10.1 Å². The number of aldehydes is 1. The predicted octanol–water partition coefficient (Wildman–Crippen LogP) is 4.14. The quantitative estimate of drug-likeness (QED) is 0.826. The van der Waals surface area contributed by atoms with Gasteiger partial charge in [-0.05, 0) is 43.9 Å². The maximum absolute atomic E-state index is 11.7. The minimum absolute atomic E-state index is 0.124.